The lowest BCUT2D eigenvalue weighted by molar-refractivity contribution is -0.127. The summed E-state index contributed by atoms with van der Waals surface area (Å²) in [5.74, 6) is 2.47. The Kier molecular flexibility index (Phi) is 7.59. The summed E-state index contributed by atoms with van der Waals surface area (Å²) >= 11 is 0. The third-order valence-electron chi connectivity index (χ3n) is 7.31. The highest BCUT2D eigenvalue weighted by molar-refractivity contribution is 5.94. The number of fused-ring (bicyclic) bond motifs is 2. The lowest BCUT2D eigenvalue weighted by atomic mass is 9.71. The van der Waals surface area contributed by atoms with E-state index < -0.39 is 0 Å². The number of amides is 2. The predicted octanol–water partition coefficient (Wildman–Crippen LogP) is 3.70. The minimum atomic E-state index is -0.295. The van der Waals surface area contributed by atoms with Crippen molar-refractivity contribution < 1.29 is 19.1 Å². The molecule has 0 unspecified atom stereocenters. The zero-order chi connectivity index (χ0) is 25.0. The molecule has 1 spiro atoms. The first-order valence-electron chi connectivity index (χ1n) is 12.3. The van der Waals surface area contributed by atoms with E-state index in [1.165, 1.54) is 5.56 Å². The van der Waals surface area contributed by atoms with Crippen LogP contribution in [0.25, 0.3) is 0 Å². The van der Waals surface area contributed by atoms with Crippen LogP contribution in [0.1, 0.15) is 59.8 Å². The van der Waals surface area contributed by atoms with Crippen molar-refractivity contribution in [3.05, 3.63) is 70.8 Å². The first-order chi connectivity index (χ1) is 16.9. The van der Waals surface area contributed by atoms with Crippen LogP contribution in [0.2, 0.25) is 0 Å². The standard InChI is InChI=1S/C29H34N2O4/c1-5-21-9-8-10-22(19-21)28(33)31-15-13-29(14-16-31)24-12-7-6-11-23(24)25(30-27(32)20(2)3)26(29)35-18-17-34-4/h1,6-12,19-20,25-26H,13-18H2,2-4H3,(H,30,32)/t25-,26+/m0/s1. The summed E-state index contributed by atoms with van der Waals surface area (Å²) in [4.78, 5) is 27.9. The second-order valence-electron chi connectivity index (χ2n) is 9.69. The van der Waals surface area contributed by atoms with E-state index in [-0.39, 0.29) is 35.3 Å². The Labute approximate surface area is 208 Å². The zero-order valence-electron chi connectivity index (χ0n) is 20.8. The van der Waals surface area contributed by atoms with Crippen molar-refractivity contribution in [3.8, 4) is 12.3 Å². The summed E-state index contributed by atoms with van der Waals surface area (Å²) in [5.41, 5.74) is 3.32. The molecule has 0 bridgehead atoms. The van der Waals surface area contributed by atoms with Gasteiger partial charge in [-0.3, -0.25) is 9.59 Å². The molecule has 6 nitrogen and oxygen atoms in total. The number of rotatable bonds is 7. The van der Waals surface area contributed by atoms with Crippen molar-refractivity contribution in [2.45, 2.75) is 44.2 Å². The van der Waals surface area contributed by atoms with E-state index in [4.69, 9.17) is 15.9 Å². The van der Waals surface area contributed by atoms with Crippen LogP contribution in [0, 0.1) is 18.3 Å². The molecule has 2 amide bonds. The normalized spacial score (nSPS) is 20.5. The van der Waals surface area contributed by atoms with Gasteiger partial charge in [0.2, 0.25) is 5.91 Å². The lowest BCUT2D eigenvalue weighted by Crippen LogP contribution is -2.52. The van der Waals surface area contributed by atoms with Gasteiger partial charge in [-0.2, -0.15) is 0 Å². The highest BCUT2D eigenvalue weighted by Crippen LogP contribution is 2.52. The number of carbonyl (C=O) groups excluding carboxylic acids is 2. The summed E-state index contributed by atoms with van der Waals surface area (Å²) < 4.78 is 11.7. The monoisotopic (exact) mass is 474 g/mol. The summed E-state index contributed by atoms with van der Waals surface area (Å²) in [6.07, 6.45) is 6.78. The maximum Gasteiger partial charge on any atom is 0.253 e. The molecule has 4 rings (SSSR count). The Hall–Kier alpha value is -3.14. The van der Waals surface area contributed by atoms with E-state index in [0.29, 0.717) is 37.4 Å². The van der Waals surface area contributed by atoms with Gasteiger partial charge < -0.3 is 19.7 Å². The molecule has 2 aliphatic rings. The molecular formula is C29H34N2O4. The Morgan fingerprint density at radius 1 is 1.14 bits per heavy atom. The number of piperidine rings is 1. The number of ether oxygens (including phenoxy) is 2. The minimum Gasteiger partial charge on any atom is -0.382 e. The second kappa shape index (κ2) is 10.6. The van der Waals surface area contributed by atoms with Crippen LogP contribution in [0.4, 0.5) is 0 Å². The molecule has 184 valence electrons. The van der Waals surface area contributed by atoms with E-state index in [9.17, 15) is 9.59 Å². The molecule has 35 heavy (non-hydrogen) atoms. The number of hydrogen-bond donors (Lipinski definition) is 1. The van der Waals surface area contributed by atoms with E-state index in [2.05, 4.69) is 23.4 Å². The maximum absolute atomic E-state index is 13.2. The molecule has 0 aromatic heterocycles. The molecule has 2 atom stereocenters. The Balaban J connectivity index is 1.61. The number of terminal acetylenes is 1. The molecule has 1 aliphatic heterocycles. The van der Waals surface area contributed by atoms with Crippen molar-refractivity contribution in [1.29, 1.82) is 0 Å². The number of benzene rings is 2. The lowest BCUT2D eigenvalue weighted by Gasteiger charge is -2.44. The maximum atomic E-state index is 13.2. The Morgan fingerprint density at radius 2 is 1.89 bits per heavy atom. The van der Waals surface area contributed by atoms with Crippen LogP contribution in [-0.4, -0.2) is 56.2 Å². The minimum absolute atomic E-state index is 0.00297. The molecule has 1 aliphatic carbocycles. The van der Waals surface area contributed by atoms with Gasteiger partial charge in [0.15, 0.2) is 0 Å². The molecular weight excluding hydrogens is 440 g/mol. The largest absolute Gasteiger partial charge is 0.382 e. The molecule has 1 N–H and O–H groups in total. The molecule has 0 saturated carbocycles. The van der Waals surface area contributed by atoms with Crippen molar-refractivity contribution in [2.24, 2.45) is 5.92 Å². The summed E-state index contributed by atoms with van der Waals surface area (Å²) in [6, 6.07) is 15.3. The molecule has 1 heterocycles. The highest BCUT2D eigenvalue weighted by atomic mass is 16.5. The molecule has 6 heteroatoms. The van der Waals surface area contributed by atoms with Crippen molar-refractivity contribution in [3.63, 3.8) is 0 Å². The topological polar surface area (TPSA) is 67.9 Å². The van der Waals surface area contributed by atoms with Crippen LogP contribution in [0.5, 0.6) is 0 Å². The van der Waals surface area contributed by atoms with Crippen molar-refractivity contribution in [1.82, 2.24) is 10.2 Å². The van der Waals surface area contributed by atoms with Crippen LogP contribution in [0.15, 0.2) is 48.5 Å². The van der Waals surface area contributed by atoms with E-state index >= 15 is 0 Å². The smallest absolute Gasteiger partial charge is 0.253 e. The first kappa shape index (κ1) is 25.0. The fourth-order valence-corrected chi connectivity index (χ4v) is 5.43. The summed E-state index contributed by atoms with van der Waals surface area (Å²) in [5, 5.41) is 3.25. The molecule has 2 aromatic carbocycles. The SMILES string of the molecule is C#Cc1cccc(C(=O)N2CCC3(CC2)c2ccccc2[C@H](NC(=O)C(C)C)[C@H]3OCCOC)c1. The van der Waals surface area contributed by atoms with Gasteiger partial charge in [-0.25, -0.2) is 0 Å². The van der Waals surface area contributed by atoms with Crippen LogP contribution in [0.3, 0.4) is 0 Å². The van der Waals surface area contributed by atoms with Gasteiger partial charge >= 0.3 is 0 Å². The van der Waals surface area contributed by atoms with Gasteiger partial charge in [0, 0.05) is 42.7 Å². The van der Waals surface area contributed by atoms with Gasteiger partial charge in [-0.1, -0.05) is 50.1 Å². The highest BCUT2D eigenvalue weighted by Gasteiger charge is 2.54. The molecule has 0 radical (unpaired) electrons. The van der Waals surface area contributed by atoms with Gasteiger partial charge in [0.25, 0.3) is 5.91 Å². The predicted molar refractivity (Wildman–Crippen MR) is 135 cm³/mol. The molecule has 1 saturated heterocycles. The van der Waals surface area contributed by atoms with Crippen molar-refractivity contribution in [2.75, 3.05) is 33.4 Å². The molecule has 2 aromatic rings. The third kappa shape index (κ3) is 4.84. The van der Waals surface area contributed by atoms with Gasteiger partial charge in [-0.15, -0.1) is 6.42 Å². The number of nitrogens with zero attached hydrogens (tertiary/aromatic N) is 1. The number of methoxy groups -OCH3 is 1. The number of nitrogens with one attached hydrogen (secondary N) is 1. The second-order valence-corrected chi connectivity index (χ2v) is 9.69. The number of carbonyl (C=O) groups is 2. The number of likely N-dealkylation sites (tertiary alicyclic amines) is 1. The average molecular weight is 475 g/mol. The van der Waals surface area contributed by atoms with E-state index in [0.717, 1.165) is 18.4 Å². The van der Waals surface area contributed by atoms with Gasteiger partial charge in [0.1, 0.15) is 0 Å². The fourth-order valence-electron chi connectivity index (χ4n) is 5.43. The van der Waals surface area contributed by atoms with Crippen LogP contribution < -0.4 is 5.32 Å². The first-order valence-corrected chi connectivity index (χ1v) is 12.3. The third-order valence-corrected chi connectivity index (χ3v) is 7.31. The van der Waals surface area contributed by atoms with E-state index in [1.807, 2.05) is 49.1 Å². The van der Waals surface area contributed by atoms with Gasteiger partial charge in [-0.05, 0) is 42.2 Å². The van der Waals surface area contributed by atoms with Crippen molar-refractivity contribution >= 4 is 11.8 Å². The Morgan fingerprint density at radius 3 is 2.57 bits per heavy atom. The van der Waals surface area contributed by atoms with Crippen LogP contribution >= 0.6 is 0 Å². The van der Waals surface area contributed by atoms with Crippen LogP contribution in [-0.2, 0) is 19.7 Å². The van der Waals surface area contributed by atoms with Gasteiger partial charge in [0.05, 0.1) is 25.4 Å². The number of hydrogen-bond acceptors (Lipinski definition) is 4. The summed E-state index contributed by atoms with van der Waals surface area (Å²) in [7, 11) is 1.65. The fraction of sp³-hybridized carbons (Fsp3) is 0.448. The average Bonchev–Trinajstić information content (AvgIpc) is 3.12. The van der Waals surface area contributed by atoms with E-state index in [1.54, 1.807) is 13.2 Å². The Bertz CT molecular complexity index is 1110. The summed E-state index contributed by atoms with van der Waals surface area (Å²) in [6.45, 7) is 5.90. The molecule has 1 fully saturated rings. The quantitative estimate of drug-likeness (QED) is 0.491. The zero-order valence-corrected chi connectivity index (χ0v) is 20.8.